The van der Waals surface area contributed by atoms with Crippen molar-refractivity contribution >= 4 is 27.5 Å². The molecule has 0 saturated heterocycles. The van der Waals surface area contributed by atoms with Gasteiger partial charge in [0.25, 0.3) is 0 Å². The highest BCUT2D eigenvalue weighted by Crippen LogP contribution is 2.43. The summed E-state index contributed by atoms with van der Waals surface area (Å²) >= 11 is 9.38. The van der Waals surface area contributed by atoms with E-state index >= 15 is 0 Å². The number of rotatable bonds is 3. The van der Waals surface area contributed by atoms with Crippen molar-refractivity contribution in [2.75, 3.05) is 7.11 Å². The van der Waals surface area contributed by atoms with E-state index in [1.54, 1.807) is 7.11 Å². The number of aromatic nitrogens is 2. The Balaban J connectivity index is 2.36. The highest BCUT2D eigenvalue weighted by molar-refractivity contribution is 9.10. The van der Waals surface area contributed by atoms with E-state index in [1.807, 2.05) is 0 Å². The topological polar surface area (TPSA) is 35.0 Å². The van der Waals surface area contributed by atoms with Crippen LogP contribution in [0.25, 0.3) is 0 Å². The number of hydrogen-bond acceptors (Lipinski definition) is 3. The normalized spacial score (nSPS) is 15.9. The fourth-order valence-corrected chi connectivity index (χ4v) is 2.00. The summed E-state index contributed by atoms with van der Waals surface area (Å²) in [5.74, 6) is 1.21. The zero-order valence-electron chi connectivity index (χ0n) is 7.76. The second kappa shape index (κ2) is 4.13. The molecule has 0 atom stereocenters. The monoisotopic (exact) mass is 276 g/mol. The lowest BCUT2D eigenvalue weighted by molar-refractivity contribution is 0.177. The lowest BCUT2D eigenvalue weighted by Crippen LogP contribution is -2.02. The van der Waals surface area contributed by atoms with Crippen molar-refractivity contribution in [1.82, 2.24) is 9.97 Å². The van der Waals surface area contributed by atoms with Crippen LogP contribution in [-0.2, 0) is 11.3 Å². The largest absolute Gasteiger partial charge is 0.377 e. The van der Waals surface area contributed by atoms with Crippen molar-refractivity contribution in [1.29, 1.82) is 0 Å². The summed E-state index contributed by atoms with van der Waals surface area (Å²) in [7, 11) is 1.62. The molecule has 1 aromatic rings. The standard InChI is InChI=1S/C9H10BrClN2O/c1-14-4-6-12-8(5-2-3-5)7(10)9(11)13-6/h5H,2-4H2,1H3. The van der Waals surface area contributed by atoms with Gasteiger partial charge in [0.05, 0.1) is 10.2 Å². The molecule has 0 aromatic carbocycles. The number of ether oxygens (including phenoxy) is 1. The summed E-state index contributed by atoms with van der Waals surface area (Å²) in [5, 5.41) is 0.481. The smallest absolute Gasteiger partial charge is 0.156 e. The van der Waals surface area contributed by atoms with Gasteiger partial charge in [0, 0.05) is 13.0 Å². The Morgan fingerprint density at radius 3 is 2.79 bits per heavy atom. The summed E-state index contributed by atoms with van der Waals surface area (Å²) in [4.78, 5) is 8.53. The van der Waals surface area contributed by atoms with E-state index in [4.69, 9.17) is 16.3 Å². The third-order valence-corrected chi connectivity index (χ3v) is 3.40. The minimum absolute atomic E-state index is 0.409. The predicted molar refractivity (Wildman–Crippen MR) is 57.4 cm³/mol. The van der Waals surface area contributed by atoms with Gasteiger partial charge in [0.15, 0.2) is 5.82 Å². The summed E-state index contributed by atoms with van der Waals surface area (Å²) in [6.07, 6.45) is 2.39. The molecule has 2 rings (SSSR count). The van der Waals surface area contributed by atoms with Crippen LogP contribution in [0.2, 0.25) is 5.15 Å². The quantitative estimate of drug-likeness (QED) is 0.797. The van der Waals surface area contributed by atoms with Gasteiger partial charge in [-0.05, 0) is 28.8 Å². The summed E-state index contributed by atoms with van der Waals surface area (Å²) in [6, 6.07) is 0. The molecule has 0 N–H and O–H groups in total. The van der Waals surface area contributed by atoms with Crippen LogP contribution in [0.3, 0.4) is 0 Å². The molecule has 1 fully saturated rings. The number of halogens is 2. The van der Waals surface area contributed by atoms with Crippen molar-refractivity contribution in [3.05, 3.63) is 21.1 Å². The van der Waals surface area contributed by atoms with Crippen molar-refractivity contribution in [2.45, 2.75) is 25.4 Å². The van der Waals surface area contributed by atoms with Crippen LogP contribution in [0.15, 0.2) is 4.47 Å². The average Bonchev–Trinajstić information content (AvgIpc) is 2.94. The molecule has 0 unspecified atom stereocenters. The predicted octanol–water partition coefficient (Wildman–Crippen LogP) is 2.92. The Labute approximate surface area is 96.0 Å². The molecular weight excluding hydrogens is 267 g/mol. The molecule has 1 aliphatic carbocycles. The molecule has 0 bridgehead atoms. The fraction of sp³-hybridized carbons (Fsp3) is 0.556. The van der Waals surface area contributed by atoms with Gasteiger partial charge >= 0.3 is 0 Å². The van der Waals surface area contributed by atoms with E-state index in [1.165, 1.54) is 12.8 Å². The Bertz CT molecular complexity index is 355. The molecule has 5 heteroatoms. The van der Waals surface area contributed by atoms with Crippen LogP contribution >= 0.6 is 27.5 Å². The van der Waals surface area contributed by atoms with Crippen LogP contribution < -0.4 is 0 Å². The average molecular weight is 278 g/mol. The Morgan fingerprint density at radius 2 is 2.21 bits per heavy atom. The number of methoxy groups -OCH3 is 1. The highest BCUT2D eigenvalue weighted by Gasteiger charge is 2.29. The molecule has 14 heavy (non-hydrogen) atoms. The van der Waals surface area contributed by atoms with Gasteiger partial charge < -0.3 is 4.74 Å². The molecule has 1 aromatic heterocycles. The van der Waals surface area contributed by atoms with E-state index < -0.39 is 0 Å². The van der Waals surface area contributed by atoms with Gasteiger partial charge in [-0.2, -0.15) is 0 Å². The van der Waals surface area contributed by atoms with Crippen molar-refractivity contribution < 1.29 is 4.74 Å². The first-order valence-corrected chi connectivity index (χ1v) is 5.60. The Kier molecular flexibility index (Phi) is 3.04. The zero-order valence-corrected chi connectivity index (χ0v) is 10.1. The van der Waals surface area contributed by atoms with E-state index in [0.29, 0.717) is 23.5 Å². The number of hydrogen-bond donors (Lipinski definition) is 0. The molecule has 0 spiro atoms. The lowest BCUT2D eigenvalue weighted by atomic mass is 10.3. The molecule has 3 nitrogen and oxygen atoms in total. The van der Waals surface area contributed by atoms with E-state index in [0.717, 1.165) is 10.2 Å². The van der Waals surface area contributed by atoms with Crippen LogP contribution in [0.4, 0.5) is 0 Å². The Hall–Kier alpha value is -0.190. The SMILES string of the molecule is COCc1nc(Cl)c(Br)c(C2CC2)n1. The maximum Gasteiger partial charge on any atom is 0.156 e. The van der Waals surface area contributed by atoms with Crippen molar-refractivity contribution in [3.8, 4) is 0 Å². The van der Waals surface area contributed by atoms with Gasteiger partial charge in [-0.25, -0.2) is 9.97 Å². The first-order valence-electron chi connectivity index (χ1n) is 4.43. The lowest BCUT2D eigenvalue weighted by Gasteiger charge is -2.06. The van der Waals surface area contributed by atoms with Gasteiger partial charge in [0.2, 0.25) is 0 Å². The van der Waals surface area contributed by atoms with Crippen LogP contribution in [0.5, 0.6) is 0 Å². The molecule has 0 amide bonds. The second-order valence-electron chi connectivity index (χ2n) is 3.34. The van der Waals surface area contributed by atoms with Crippen LogP contribution in [0.1, 0.15) is 30.3 Å². The zero-order chi connectivity index (χ0) is 10.1. The van der Waals surface area contributed by atoms with E-state index in [2.05, 4.69) is 25.9 Å². The maximum atomic E-state index is 5.97. The Morgan fingerprint density at radius 1 is 1.50 bits per heavy atom. The minimum Gasteiger partial charge on any atom is -0.377 e. The molecular formula is C9H10BrClN2O. The third kappa shape index (κ3) is 2.07. The number of nitrogens with zero attached hydrogens (tertiary/aromatic N) is 2. The molecule has 1 saturated carbocycles. The van der Waals surface area contributed by atoms with Crippen molar-refractivity contribution in [2.24, 2.45) is 0 Å². The van der Waals surface area contributed by atoms with Crippen molar-refractivity contribution in [3.63, 3.8) is 0 Å². The van der Waals surface area contributed by atoms with Crippen LogP contribution in [0, 0.1) is 0 Å². The summed E-state index contributed by atoms with van der Waals surface area (Å²) in [6.45, 7) is 0.409. The van der Waals surface area contributed by atoms with Crippen LogP contribution in [-0.4, -0.2) is 17.1 Å². The maximum absolute atomic E-state index is 5.97. The van der Waals surface area contributed by atoms with E-state index in [9.17, 15) is 0 Å². The van der Waals surface area contributed by atoms with Gasteiger partial charge in [0.1, 0.15) is 11.8 Å². The molecule has 0 radical (unpaired) electrons. The second-order valence-corrected chi connectivity index (χ2v) is 4.49. The van der Waals surface area contributed by atoms with Gasteiger partial charge in [-0.15, -0.1) is 0 Å². The molecule has 0 aliphatic heterocycles. The molecule has 1 aliphatic rings. The molecule has 1 heterocycles. The van der Waals surface area contributed by atoms with Gasteiger partial charge in [-0.3, -0.25) is 0 Å². The minimum atomic E-state index is 0.409. The summed E-state index contributed by atoms with van der Waals surface area (Å²) < 4.78 is 5.81. The first kappa shape index (κ1) is 10.3. The molecule has 76 valence electrons. The highest BCUT2D eigenvalue weighted by atomic mass is 79.9. The van der Waals surface area contributed by atoms with Gasteiger partial charge in [-0.1, -0.05) is 11.6 Å². The fourth-order valence-electron chi connectivity index (χ4n) is 1.30. The first-order chi connectivity index (χ1) is 6.72. The van der Waals surface area contributed by atoms with E-state index in [-0.39, 0.29) is 0 Å². The summed E-state index contributed by atoms with van der Waals surface area (Å²) in [5.41, 5.74) is 1.03. The third-order valence-electron chi connectivity index (χ3n) is 2.12.